The molecule has 0 bridgehead atoms. The average Bonchev–Trinajstić information content (AvgIpc) is 3.11. The van der Waals surface area contributed by atoms with E-state index in [1.165, 1.54) is 11.4 Å². The van der Waals surface area contributed by atoms with Crippen molar-refractivity contribution in [1.82, 2.24) is 14.5 Å². The molecule has 3 aromatic carbocycles. The van der Waals surface area contributed by atoms with E-state index in [0.29, 0.717) is 0 Å². The first kappa shape index (κ1) is 17.4. The third-order valence-electron chi connectivity index (χ3n) is 5.27. The minimum Gasteiger partial charge on any atom is -0.318 e. The van der Waals surface area contributed by atoms with Crippen LogP contribution in [0.3, 0.4) is 0 Å². The Morgan fingerprint density at radius 1 is 0.552 bits per heavy atom. The van der Waals surface area contributed by atoms with Crippen molar-refractivity contribution < 1.29 is 0 Å². The molecule has 29 heavy (non-hydrogen) atoms. The molecule has 0 saturated carbocycles. The average molecular weight is 375 g/mol. The lowest BCUT2D eigenvalue weighted by molar-refractivity contribution is 0.967. The van der Waals surface area contributed by atoms with Crippen LogP contribution in [0.15, 0.2) is 91.0 Å². The third-order valence-corrected chi connectivity index (χ3v) is 5.27. The summed E-state index contributed by atoms with van der Waals surface area (Å²) in [6, 6.07) is 31.1. The van der Waals surface area contributed by atoms with E-state index in [2.05, 4.69) is 73.0 Å². The predicted octanol–water partition coefficient (Wildman–Crippen LogP) is 6.37. The van der Waals surface area contributed by atoms with Crippen LogP contribution in [0.2, 0.25) is 0 Å². The number of nitrogens with zero attached hydrogens (tertiary/aromatic N) is 3. The van der Waals surface area contributed by atoms with Crippen LogP contribution in [-0.4, -0.2) is 14.5 Å². The molecule has 3 nitrogen and oxygen atoms in total. The van der Waals surface area contributed by atoms with Crippen LogP contribution in [0.1, 0.15) is 11.4 Å². The van der Waals surface area contributed by atoms with Gasteiger partial charge in [-0.25, -0.2) is 9.97 Å². The van der Waals surface area contributed by atoms with Crippen molar-refractivity contribution in [2.75, 3.05) is 0 Å². The third kappa shape index (κ3) is 3.11. The molecule has 5 rings (SSSR count). The van der Waals surface area contributed by atoms with Crippen molar-refractivity contribution in [3.8, 4) is 28.2 Å². The van der Waals surface area contributed by atoms with Crippen LogP contribution in [-0.2, 0) is 0 Å². The SMILES string of the molecule is Cc1ccc(C)n1-c1ccc2nc(-c3ccccc3)c(-c3ccccc3)nc2c1. The molecule has 0 aliphatic rings. The summed E-state index contributed by atoms with van der Waals surface area (Å²) >= 11 is 0. The van der Waals surface area contributed by atoms with E-state index in [1.54, 1.807) is 0 Å². The fourth-order valence-corrected chi connectivity index (χ4v) is 3.85. The fraction of sp³-hybridized carbons (Fsp3) is 0.0769. The van der Waals surface area contributed by atoms with E-state index >= 15 is 0 Å². The van der Waals surface area contributed by atoms with Crippen LogP contribution >= 0.6 is 0 Å². The van der Waals surface area contributed by atoms with E-state index in [9.17, 15) is 0 Å². The highest BCUT2D eigenvalue weighted by atomic mass is 15.0. The standard InChI is InChI=1S/C26H21N3/c1-18-13-14-19(2)29(18)22-15-16-23-24(17-22)28-26(21-11-7-4-8-12-21)25(27-23)20-9-5-3-6-10-20/h3-17H,1-2H3. The van der Waals surface area contributed by atoms with Gasteiger partial charge in [0.25, 0.3) is 0 Å². The minimum atomic E-state index is 0.897. The molecule has 3 heteroatoms. The highest BCUT2D eigenvalue weighted by molar-refractivity contribution is 5.87. The van der Waals surface area contributed by atoms with Gasteiger partial charge in [0, 0.05) is 28.2 Å². The van der Waals surface area contributed by atoms with Crippen molar-refractivity contribution in [2.45, 2.75) is 13.8 Å². The van der Waals surface area contributed by atoms with Gasteiger partial charge in [-0.2, -0.15) is 0 Å². The second-order valence-corrected chi connectivity index (χ2v) is 7.28. The molecule has 0 unspecified atom stereocenters. The van der Waals surface area contributed by atoms with Gasteiger partial charge in [0.2, 0.25) is 0 Å². The van der Waals surface area contributed by atoms with E-state index in [-0.39, 0.29) is 0 Å². The van der Waals surface area contributed by atoms with Gasteiger partial charge in [-0.05, 0) is 44.2 Å². The van der Waals surface area contributed by atoms with Gasteiger partial charge >= 0.3 is 0 Å². The molecule has 0 spiro atoms. The molecular formula is C26H21N3. The molecule has 0 atom stereocenters. The smallest absolute Gasteiger partial charge is 0.0973 e. The van der Waals surface area contributed by atoms with Crippen LogP contribution in [0.5, 0.6) is 0 Å². The van der Waals surface area contributed by atoms with Crippen LogP contribution in [0.4, 0.5) is 0 Å². The Labute approximate surface area is 170 Å². The van der Waals surface area contributed by atoms with Crippen LogP contribution < -0.4 is 0 Å². The van der Waals surface area contributed by atoms with Gasteiger partial charge in [-0.1, -0.05) is 60.7 Å². The van der Waals surface area contributed by atoms with Crippen LogP contribution in [0, 0.1) is 13.8 Å². The molecule has 0 aliphatic carbocycles. The van der Waals surface area contributed by atoms with E-state index in [1.807, 2.05) is 36.4 Å². The molecule has 2 heterocycles. The Morgan fingerprint density at radius 3 is 1.62 bits per heavy atom. The summed E-state index contributed by atoms with van der Waals surface area (Å²) in [6.07, 6.45) is 0. The van der Waals surface area contributed by atoms with E-state index < -0.39 is 0 Å². The molecule has 0 saturated heterocycles. The van der Waals surface area contributed by atoms with Gasteiger partial charge < -0.3 is 4.57 Å². The van der Waals surface area contributed by atoms with Crippen molar-refractivity contribution in [2.24, 2.45) is 0 Å². The first-order valence-corrected chi connectivity index (χ1v) is 9.79. The molecule has 0 radical (unpaired) electrons. The molecule has 0 N–H and O–H groups in total. The Kier molecular flexibility index (Phi) is 4.21. The molecule has 0 aliphatic heterocycles. The lowest BCUT2D eigenvalue weighted by Crippen LogP contribution is -2.00. The summed E-state index contributed by atoms with van der Waals surface area (Å²) < 4.78 is 2.24. The Hall–Kier alpha value is -3.72. The van der Waals surface area contributed by atoms with Gasteiger partial charge in [-0.3, -0.25) is 0 Å². The number of hydrogen-bond acceptors (Lipinski definition) is 2. The molecular weight excluding hydrogens is 354 g/mol. The summed E-state index contributed by atoms with van der Waals surface area (Å²) in [5.41, 5.74) is 9.27. The highest BCUT2D eigenvalue weighted by Gasteiger charge is 2.14. The maximum Gasteiger partial charge on any atom is 0.0973 e. The second-order valence-electron chi connectivity index (χ2n) is 7.28. The number of rotatable bonds is 3. The first-order chi connectivity index (χ1) is 14.2. The Bertz CT molecular complexity index is 1280. The summed E-state index contributed by atoms with van der Waals surface area (Å²) in [5, 5.41) is 0. The topological polar surface area (TPSA) is 30.7 Å². The van der Waals surface area contributed by atoms with E-state index in [0.717, 1.165) is 39.2 Å². The fourth-order valence-electron chi connectivity index (χ4n) is 3.85. The summed E-state index contributed by atoms with van der Waals surface area (Å²) in [6.45, 7) is 4.24. The summed E-state index contributed by atoms with van der Waals surface area (Å²) in [7, 11) is 0. The number of aromatic nitrogens is 3. The maximum absolute atomic E-state index is 5.08. The lowest BCUT2D eigenvalue weighted by Gasteiger charge is -2.13. The predicted molar refractivity (Wildman–Crippen MR) is 119 cm³/mol. The number of fused-ring (bicyclic) bond motifs is 1. The second kappa shape index (κ2) is 7.02. The number of hydrogen-bond donors (Lipinski definition) is 0. The quantitative estimate of drug-likeness (QED) is 0.367. The highest BCUT2D eigenvalue weighted by Crippen LogP contribution is 2.31. The van der Waals surface area contributed by atoms with Crippen molar-refractivity contribution in [1.29, 1.82) is 0 Å². The largest absolute Gasteiger partial charge is 0.318 e. The zero-order valence-electron chi connectivity index (χ0n) is 16.5. The molecule has 140 valence electrons. The van der Waals surface area contributed by atoms with Crippen molar-refractivity contribution in [3.63, 3.8) is 0 Å². The van der Waals surface area contributed by atoms with Crippen LogP contribution in [0.25, 0.3) is 39.2 Å². The van der Waals surface area contributed by atoms with Crippen molar-refractivity contribution in [3.05, 3.63) is 102 Å². The lowest BCUT2D eigenvalue weighted by atomic mass is 10.0. The summed E-state index contributed by atoms with van der Waals surface area (Å²) in [5.74, 6) is 0. The number of benzene rings is 3. The van der Waals surface area contributed by atoms with Gasteiger partial charge in [0.15, 0.2) is 0 Å². The summed E-state index contributed by atoms with van der Waals surface area (Å²) in [4.78, 5) is 10.1. The normalized spacial score (nSPS) is 11.1. The van der Waals surface area contributed by atoms with Crippen molar-refractivity contribution >= 4 is 11.0 Å². The molecule has 2 aromatic heterocycles. The molecule has 0 amide bonds. The number of aryl methyl sites for hydroxylation is 2. The maximum atomic E-state index is 5.08. The first-order valence-electron chi connectivity index (χ1n) is 9.79. The Balaban J connectivity index is 1.77. The van der Waals surface area contributed by atoms with E-state index in [4.69, 9.17) is 9.97 Å². The molecule has 0 fully saturated rings. The van der Waals surface area contributed by atoms with Gasteiger partial charge in [0.05, 0.1) is 22.4 Å². The zero-order chi connectivity index (χ0) is 19.8. The monoisotopic (exact) mass is 375 g/mol. The van der Waals surface area contributed by atoms with Gasteiger partial charge in [-0.15, -0.1) is 0 Å². The van der Waals surface area contributed by atoms with Gasteiger partial charge in [0.1, 0.15) is 0 Å². The minimum absolute atomic E-state index is 0.897. The Morgan fingerprint density at radius 2 is 1.07 bits per heavy atom. The zero-order valence-corrected chi connectivity index (χ0v) is 16.5. The molecule has 5 aromatic rings.